The van der Waals surface area contributed by atoms with E-state index in [0.717, 1.165) is 16.8 Å². The maximum atomic E-state index is 10.2. The number of pyridine rings is 1. The SMILES string of the molecule is Cc1nn(C)c(Oc2cccnc2)c1CNCC(O)c1ccsc1. The van der Waals surface area contributed by atoms with Crippen molar-refractivity contribution in [3.05, 3.63) is 58.2 Å². The minimum Gasteiger partial charge on any atom is -0.437 e. The number of nitrogens with zero attached hydrogens (tertiary/aromatic N) is 3. The highest BCUT2D eigenvalue weighted by molar-refractivity contribution is 7.07. The molecule has 3 heterocycles. The van der Waals surface area contributed by atoms with Gasteiger partial charge in [-0.1, -0.05) is 0 Å². The van der Waals surface area contributed by atoms with Gasteiger partial charge in [0, 0.05) is 26.3 Å². The first-order chi connectivity index (χ1) is 11.6. The number of hydrogen-bond donors (Lipinski definition) is 2. The summed E-state index contributed by atoms with van der Waals surface area (Å²) in [6.07, 6.45) is 2.85. The van der Waals surface area contributed by atoms with E-state index >= 15 is 0 Å². The summed E-state index contributed by atoms with van der Waals surface area (Å²) in [5, 5.41) is 21.8. The number of thiophene rings is 1. The van der Waals surface area contributed by atoms with Crippen LogP contribution in [0.25, 0.3) is 0 Å². The van der Waals surface area contributed by atoms with Gasteiger partial charge in [-0.25, -0.2) is 4.68 Å². The third-order valence-corrected chi connectivity index (χ3v) is 4.41. The van der Waals surface area contributed by atoms with Gasteiger partial charge in [0.25, 0.3) is 0 Å². The molecular formula is C17H20N4O2S. The van der Waals surface area contributed by atoms with Gasteiger partial charge in [0.1, 0.15) is 5.75 Å². The first kappa shape index (κ1) is 16.6. The van der Waals surface area contributed by atoms with Crippen LogP contribution < -0.4 is 10.1 Å². The highest BCUT2D eigenvalue weighted by atomic mass is 32.1. The summed E-state index contributed by atoms with van der Waals surface area (Å²) in [6.45, 7) is 2.98. The number of aromatic nitrogens is 3. The Bertz CT molecular complexity index is 772. The van der Waals surface area contributed by atoms with Crippen molar-refractivity contribution < 1.29 is 9.84 Å². The van der Waals surface area contributed by atoms with Crippen LogP contribution in [-0.2, 0) is 13.6 Å². The monoisotopic (exact) mass is 344 g/mol. The Morgan fingerprint density at radius 3 is 3.00 bits per heavy atom. The van der Waals surface area contributed by atoms with Crippen LogP contribution in [0.15, 0.2) is 41.4 Å². The van der Waals surface area contributed by atoms with E-state index in [-0.39, 0.29) is 0 Å². The molecule has 0 saturated heterocycles. The second-order valence-electron chi connectivity index (χ2n) is 5.49. The standard InChI is InChI=1S/C17H20N4O2S/c1-12-15(9-19-10-16(22)13-5-7-24-11-13)17(21(2)20-12)23-14-4-3-6-18-8-14/h3-8,11,16,19,22H,9-10H2,1-2H3. The summed E-state index contributed by atoms with van der Waals surface area (Å²) in [4.78, 5) is 4.06. The first-order valence-electron chi connectivity index (χ1n) is 7.66. The van der Waals surface area contributed by atoms with E-state index < -0.39 is 6.10 Å². The first-order valence-corrected chi connectivity index (χ1v) is 8.60. The van der Waals surface area contributed by atoms with E-state index in [1.165, 1.54) is 0 Å². The molecule has 126 valence electrons. The minimum atomic E-state index is -0.518. The van der Waals surface area contributed by atoms with Crippen LogP contribution in [-0.4, -0.2) is 26.4 Å². The predicted molar refractivity (Wildman–Crippen MR) is 93.2 cm³/mol. The zero-order valence-corrected chi connectivity index (χ0v) is 14.5. The van der Waals surface area contributed by atoms with Gasteiger partial charge in [0.15, 0.2) is 0 Å². The van der Waals surface area contributed by atoms with E-state index in [2.05, 4.69) is 15.4 Å². The summed E-state index contributed by atoms with van der Waals surface area (Å²) < 4.78 is 7.64. The van der Waals surface area contributed by atoms with Gasteiger partial charge in [0.2, 0.25) is 5.88 Å². The second-order valence-corrected chi connectivity index (χ2v) is 6.27. The topological polar surface area (TPSA) is 72.2 Å². The lowest BCUT2D eigenvalue weighted by atomic mass is 10.2. The largest absolute Gasteiger partial charge is 0.437 e. The lowest BCUT2D eigenvalue weighted by Crippen LogP contribution is -2.21. The molecule has 0 spiro atoms. The molecule has 24 heavy (non-hydrogen) atoms. The lowest BCUT2D eigenvalue weighted by Gasteiger charge is -2.12. The van der Waals surface area contributed by atoms with E-state index in [0.29, 0.717) is 24.7 Å². The van der Waals surface area contributed by atoms with E-state index in [1.807, 2.05) is 42.9 Å². The van der Waals surface area contributed by atoms with Crippen molar-refractivity contribution in [1.82, 2.24) is 20.1 Å². The third-order valence-electron chi connectivity index (χ3n) is 3.71. The van der Waals surface area contributed by atoms with E-state index in [4.69, 9.17) is 4.74 Å². The molecule has 0 saturated carbocycles. The van der Waals surface area contributed by atoms with E-state index in [9.17, 15) is 5.11 Å². The summed E-state index contributed by atoms with van der Waals surface area (Å²) >= 11 is 1.58. The fourth-order valence-electron chi connectivity index (χ4n) is 2.45. The van der Waals surface area contributed by atoms with Crippen LogP contribution in [0.4, 0.5) is 0 Å². The summed E-state index contributed by atoms with van der Waals surface area (Å²) in [5.74, 6) is 1.35. The maximum Gasteiger partial charge on any atom is 0.222 e. The van der Waals surface area contributed by atoms with Crippen molar-refractivity contribution in [2.45, 2.75) is 19.6 Å². The van der Waals surface area contributed by atoms with Crippen molar-refractivity contribution in [2.24, 2.45) is 7.05 Å². The fourth-order valence-corrected chi connectivity index (χ4v) is 3.15. The van der Waals surface area contributed by atoms with Crippen LogP contribution in [0, 0.1) is 6.92 Å². The number of nitrogens with one attached hydrogen (secondary N) is 1. The summed E-state index contributed by atoms with van der Waals surface area (Å²) in [6, 6.07) is 5.61. The highest BCUT2D eigenvalue weighted by Crippen LogP contribution is 2.26. The van der Waals surface area contributed by atoms with Gasteiger partial charge in [-0.3, -0.25) is 4.98 Å². The van der Waals surface area contributed by atoms with Crippen LogP contribution in [0.2, 0.25) is 0 Å². The number of hydrogen-bond acceptors (Lipinski definition) is 6. The van der Waals surface area contributed by atoms with E-state index in [1.54, 1.807) is 28.4 Å². The zero-order chi connectivity index (χ0) is 16.9. The van der Waals surface area contributed by atoms with Crippen molar-refractivity contribution >= 4 is 11.3 Å². The molecule has 0 radical (unpaired) electrons. The molecular weight excluding hydrogens is 324 g/mol. The Hall–Kier alpha value is -2.22. The molecule has 0 aliphatic carbocycles. The van der Waals surface area contributed by atoms with Crippen molar-refractivity contribution in [3.63, 3.8) is 0 Å². The van der Waals surface area contributed by atoms with Gasteiger partial charge >= 0.3 is 0 Å². The molecule has 0 aliphatic rings. The number of aliphatic hydroxyl groups excluding tert-OH is 1. The molecule has 6 nitrogen and oxygen atoms in total. The highest BCUT2D eigenvalue weighted by Gasteiger charge is 2.16. The molecule has 0 aromatic carbocycles. The zero-order valence-electron chi connectivity index (χ0n) is 13.6. The second kappa shape index (κ2) is 7.57. The minimum absolute atomic E-state index is 0.470. The van der Waals surface area contributed by atoms with Crippen LogP contribution in [0.5, 0.6) is 11.6 Å². The van der Waals surface area contributed by atoms with Crippen molar-refractivity contribution in [3.8, 4) is 11.6 Å². The van der Waals surface area contributed by atoms with Gasteiger partial charge in [-0.2, -0.15) is 16.4 Å². The van der Waals surface area contributed by atoms with Crippen molar-refractivity contribution in [2.75, 3.05) is 6.54 Å². The molecule has 0 amide bonds. The average Bonchev–Trinajstić information content (AvgIpc) is 3.19. The Balaban J connectivity index is 1.67. The van der Waals surface area contributed by atoms with Crippen LogP contribution in [0.3, 0.4) is 0 Å². The van der Waals surface area contributed by atoms with Crippen LogP contribution >= 0.6 is 11.3 Å². The Morgan fingerprint density at radius 2 is 2.29 bits per heavy atom. The number of rotatable bonds is 7. The van der Waals surface area contributed by atoms with Gasteiger partial charge in [-0.15, -0.1) is 0 Å². The molecule has 0 bridgehead atoms. The molecule has 3 rings (SSSR count). The molecule has 3 aromatic heterocycles. The molecule has 1 atom stereocenters. The number of ether oxygens (including phenoxy) is 1. The normalized spacial score (nSPS) is 12.3. The molecule has 0 fully saturated rings. The average molecular weight is 344 g/mol. The van der Waals surface area contributed by atoms with Crippen LogP contribution in [0.1, 0.15) is 22.9 Å². The fraction of sp³-hybridized carbons (Fsp3) is 0.294. The van der Waals surface area contributed by atoms with Gasteiger partial charge in [-0.05, 0) is 41.4 Å². The molecule has 2 N–H and O–H groups in total. The Labute approximate surface area is 144 Å². The Morgan fingerprint density at radius 1 is 1.42 bits per heavy atom. The predicted octanol–water partition coefficient (Wildman–Crippen LogP) is 2.80. The molecule has 1 unspecified atom stereocenters. The summed E-state index contributed by atoms with van der Waals surface area (Å²) in [5.41, 5.74) is 2.80. The molecule has 3 aromatic rings. The number of aryl methyl sites for hydroxylation is 2. The Kier molecular flexibility index (Phi) is 5.24. The molecule has 0 aliphatic heterocycles. The summed E-state index contributed by atoms with van der Waals surface area (Å²) in [7, 11) is 1.85. The van der Waals surface area contributed by atoms with Gasteiger partial charge < -0.3 is 15.2 Å². The molecule has 7 heteroatoms. The van der Waals surface area contributed by atoms with Crippen molar-refractivity contribution in [1.29, 1.82) is 0 Å². The maximum absolute atomic E-state index is 10.2. The lowest BCUT2D eigenvalue weighted by molar-refractivity contribution is 0.174. The smallest absolute Gasteiger partial charge is 0.222 e. The number of aliphatic hydroxyl groups is 1. The van der Waals surface area contributed by atoms with Gasteiger partial charge in [0.05, 0.1) is 23.6 Å². The quantitative estimate of drug-likeness (QED) is 0.689. The third kappa shape index (κ3) is 3.81.